The van der Waals surface area contributed by atoms with Crippen molar-refractivity contribution in [1.82, 2.24) is 5.43 Å². The lowest BCUT2D eigenvalue weighted by atomic mass is 9.72. The van der Waals surface area contributed by atoms with Crippen LogP contribution in [-0.4, -0.2) is 28.8 Å². The van der Waals surface area contributed by atoms with E-state index in [-0.39, 0.29) is 17.4 Å². The van der Waals surface area contributed by atoms with Crippen LogP contribution in [0.2, 0.25) is 0 Å². The number of hydrogen-bond donors (Lipinski definition) is 2. The van der Waals surface area contributed by atoms with E-state index in [2.05, 4.69) is 45.1 Å². The van der Waals surface area contributed by atoms with E-state index in [9.17, 15) is 20.0 Å². The van der Waals surface area contributed by atoms with Gasteiger partial charge in [-0.25, -0.2) is 5.43 Å². The lowest BCUT2D eigenvalue weighted by Gasteiger charge is -2.33. The van der Waals surface area contributed by atoms with Crippen LogP contribution in [0, 0.1) is 15.5 Å². The van der Waals surface area contributed by atoms with Gasteiger partial charge in [-0.3, -0.25) is 14.9 Å². The summed E-state index contributed by atoms with van der Waals surface area (Å²) in [5.74, 6) is -0.355. The first-order valence-corrected chi connectivity index (χ1v) is 9.90. The van der Waals surface area contributed by atoms with Gasteiger partial charge in [0.05, 0.1) is 11.1 Å². The number of nitrogens with one attached hydrogen (secondary N) is 1. The molecule has 8 nitrogen and oxygen atoms in total. The second-order valence-electron chi connectivity index (χ2n) is 9.23. The lowest BCUT2D eigenvalue weighted by molar-refractivity contribution is -0.385. The molecule has 8 heteroatoms. The maximum Gasteiger partial charge on any atom is 0.310 e. The van der Waals surface area contributed by atoms with E-state index in [0.29, 0.717) is 11.3 Å². The summed E-state index contributed by atoms with van der Waals surface area (Å²) in [4.78, 5) is 21.9. The molecule has 1 amide bonds. The van der Waals surface area contributed by atoms with Gasteiger partial charge >= 0.3 is 5.69 Å². The summed E-state index contributed by atoms with van der Waals surface area (Å²) >= 11 is 0. The fourth-order valence-corrected chi connectivity index (χ4v) is 3.57. The highest BCUT2D eigenvalue weighted by molar-refractivity contribution is 5.83. The van der Waals surface area contributed by atoms with Crippen molar-refractivity contribution >= 4 is 17.8 Å². The number of carbonyl (C=O) groups is 1. The van der Waals surface area contributed by atoms with Gasteiger partial charge in [-0.2, -0.15) is 5.10 Å². The zero-order valence-electron chi connectivity index (χ0n) is 18.5. The number of rotatable bonds is 8. The Morgan fingerprint density at radius 1 is 1.16 bits per heavy atom. The van der Waals surface area contributed by atoms with Gasteiger partial charge in [0.2, 0.25) is 0 Å². The molecule has 2 aromatic rings. The molecule has 0 aliphatic carbocycles. The monoisotopic (exact) mass is 427 g/mol. The molecule has 0 unspecified atom stereocenters. The van der Waals surface area contributed by atoms with Crippen LogP contribution in [0.25, 0.3) is 0 Å². The second-order valence-corrected chi connectivity index (χ2v) is 9.23. The number of benzene rings is 2. The first-order valence-electron chi connectivity index (χ1n) is 9.90. The van der Waals surface area contributed by atoms with Gasteiger partial charge in [-0.1, -0.05) is 46.8 Å². The van der Waals surface area contributed by atoms with E-state index < -0.39 is 22.3 Å². The molecule has 2 rings (SSSR count). The lowest BCUT2D eigenvalue weighted by Crippen LogP contribution is -2.25. The normalized spacial score (nSPS) is 12.0. The van der Waals surface area contributed by atoms with Gasteiger partial charge in [-0.15, -0.1) is 0 Å². The Morgan fingerprint density at radius 2 is 1.81 bits per heavy atom. The summed E-state index contributed by atoms with van der Waals surface area (Å²) in [6, 6.07) is 11.5. The SMILES string of the molecule is CC(C)(C)CC(C)(C)c1ccc(OCC(=O)N/N=C/c2ccc([N+](=O)[O-])c(O)c2)cc1. The van der Waals surface area contributed by atoms with E-state index in [1.807, 2.05) is 24.3 Å². The average molecular weight is 428 g/mol. The molecule has 0 heterocycles. The molecular formula is C23H29N3O5. The van der Waals surface area contributed by atoms with Gasteiger partial charge in [0.25, 0.3) is 5.91 Å². The molecule has 0 spiro atoms. The van der Waals surface area contributed by atoms with E-state index in [0.717, 1.165) is 12.5 Å². The predicted molar refractivity (Wildman–Crippen MR) is 120 cm³/mol. The quantitative estimate of drug-likeness (QED) is 0.365. The number of phenolic OH excluding ortho intramolecular Hbond substituents is 1. The molecule has 0 fully saturated rings. The fourth-order valence-electron chi connectivity index (χ4n) is 3.57. The minimum absolute atomic E-state index is 0.0230. The molecule has 0 bridgehead atoms. The summed E-state index contributed by atoms with van der Waals surface area (Å²) in [6.45, 7) is 10.9. The summed E-state index contributed by atoms with van der Waals surface area (Å²) in [6.07, 6.45) is 2.31. The number of amides is 1. The van der Waals surface area contributed by atoms with Crippen LogP contribution in [0.15, 0.2) is 47.6 Å². The summed E-state index contributed by atoms with van der Waals surface area (Å²) in [7, 11) is 0. The van der Waals surface area contributed by atoms with Crippen molar-refractivity contribution in [3.8, 4) is 11.5 Å². The number of ether oxygens (including phenoxy) is 1. The Balaban J connectivity index is 1.87. The molecule has 2 N–H and O–H groups in total. The van der Waals surface area contributed by atoms with Gasteiger partial charge in [-0.05, 0) is 52.6 Å². The Bertz CT molecular complexity index is 960. The largest absolute Gasteiger partial charge is 0.502 e. The number of nitrogens with zero attached hydrogens (tertiary/aromatic N) is 2. The summed E-state index contributed by atoms with van der Waals surface area (Å²) in [5, 5.41) is 24.0. The number of nitro benzene ring substituents is 1. The average Bonchev–Trinajstić information content (AvgIpc) is 2.64. The maximum atomic E-state index is 11.9. The fraction of sp³-hybridized carbons (Fsp3) is 0.391. The third-order valence-corrected chi connectivity index (χ3v) is 4.58. The second kappa shape index (κ2) is 9.59. The number of hydrogen-bond acceptors (Lipinski definition) is 6. The van der Waals surface area contributed by atoms with Gasteiger partial charge in [0.15, 0.2) is 12.4 Å². The minimum Gasteiger partial charge on any atom is -0.502 e. The molecule has 31 heavy (non-hydrogen) atoms. The highest BCUT2D eigenvalue weighted by Gasteiger charge is 2.27. The molecule has 0 atom stereocenters. The number of nitro groups is 1. The minimum atomic E-state index is -0.687. The third kappa shape index (κ3) is 7.40. The molecule has 0 saturated carbocycles. The zero-order valence-corrected chi connectivity index (χ0v) is 18.5. The summed E-state index contributed by atoms with van der Waals surface area (Å²) < 4.78 is 5.50. The van der Waals surface area contributed by atoms with Crippen molar-refractivity contribution in [2.24, 2.45) is 10.5 Å². The molecule has 0 aliphatic rings. The Kier molecular flexibility index (Phi) is 7.38. The molecular weight excluding hydrogens is 398 g/mol. The van der Waals surface area contributed by atoms with Crippen LogP contribution in [0.5, 0.6) is 11.5 Å². The van der Waals surface area contributed by atoms with Crippen molar-refractivity contribution in [3.05, 3.63) is 63.7 Å². The molecule has 0 radical (unpaired) electrons. The molecule has 166 valence electrons. The van der Waals surface area contributed by atoms with Gasteiger partial charge < -0.3 is 9.84 Å². The molecule has 0 aromatic heterocycles. The van der Waals surface area contributed by atoms with Crippen molar-refractivity contribution in [2.75, 3.05) is 6.61 Å². The van der Waals surface area contributed by atoms with Crippen LogP contribution in [0.1, 0.15) is 52.2 Å². The number of aromatic hydroxyl groups is 1. The first kappa shape index (κ1) is 23.9. The molecule has 0 aliphatic heterocycles. The first-order chi connectivity index (χ1) is 14.4. The van der Waals surface area contributed by atoms with Crippen molar-refractivity contribution in [3.63, 3.8) is 0 Å². The van der Waals surface area contributed by atoms with Crippen LogP contribution >= 0.6 is 0 Å². The van der Waals surface area contributed by atoms with Crippen LogP contribution in [-0.2, 0) is 10.2 Å². The van der Waals surface area contributed by atoms with E-state index in [1.54, 1.807) is 0 Å². The predicted octanol–water partition coefficient (Wildman–Crippen LogP) is 4.54. The Labute approximate surface area is 182 Å². The standard InChI is InChI=1S/C23H29N3O5/c1-22(2,3)15-23(4,5)17-7-9-18(10-8-17)31-14-21(28)25-24-13-16-6-11-19(26(29)30)20(27)12-16/h6-13,27H,14-15H2,1-5H3,(H,25,28)/b24-13+. The number of hydrazone groups is 1. The number of carbonyl (C=O) groups excluding carboxylic acids is 1. The smallest absolute Gasteiger partial charge is 0.310 e. The Hall–Kier alpha value is -3.42. The zero-order chi connectivity index (χ0) is 23.2. The van der Waals surface area contributed by atoms with E-state index in [1.165, 1.54) is 23.9 Å². The Morgan fingerprint density at radius 3 is 2.35 bits per heavy atom. The van der Waals surface area contributed by atoms with Crippen molar-refractivity contribution in [2.45, 2.75) is 46.5 Å². The maximum absolute atomic E-state index is 11.9. The van der Waals surface area contributed by atoms with Crippen LogP contribution in [0.3, 0.4) is 0 Å². The van der Waals surface area contributed by atoms with Gasteiger partial charge in [0, 0.05) is 6.07 Å². The number of phenols is 1. The van der Waals surface area contributed by atoms with Crippen molar-refractivity contribution in [1.29, 1.82) is 0 Å². The third-order valence-electron chi connectivity index (χ3n) is 4.58. The highest BCUT2D eigenvalue weighted by Crippen LogP contribution is 2.36. The molecule has 0 saturated heterocycles. The topological polar surface area (TPSA) is 114 Å². The van der Waals surface area contributed by atoms with Gasteiger partial charge in [0.1, 0.15) is 5.75 Å². The van der Waals surface area contributed by atoms with Crippen LogP contribution < -0.4 is 10.2 Å². The summed E-state index contributed by atoms with van der Waals surface area (Å²) in [5.41, 5.74) is 3.75. The van der Waals surface area contributed by atoms with E-state index >= 15 is 0 Å². The molecule has 2 aromatic carbocycles. The highest BCUT2D eigenvalue weighted by atomic mass is 16.6. The van der Waals surface area contributed by atoms with Crippen molar-refractivity contribution < 1.29 is 19.6 Å². The van der Waals surface area contributed by atoms with Crippen LogP contribution in [0.4, 0.5) is 5.69 Å². The van der Waals surface area contributed by atoms with E-state index in [4.69, 9.17) is 4.74 Å².